The van der Waals surface area contributed by atoms with Gasteiger partial charge in [-0.1, -0.05) is 11.6 Å². The number of thioether (sulfide) groups is 1. The highest BCUT2D eigenvalue weighted by atomic mass is 35.5. The minimum atomic E-state index is -0.289. The normalized spacial score (nSPS) is 12.0. The van der Waals surface area contributed by atoms with E-state index in [1.54, 1.807) is 18.3 Å². The molecule has 1 atom stereocenters. The summed E-state index contributed by atoms with van der Waals surface area (Å²) in [6, 6.07) is 12.9. The van der Waals surface area contributed by atoms with E-state index in [0.717, 1.165) is 10.5 Å². The van der Waals surface area contributed by atoms with Gasteiger partial charge in [-0.2, -0.15) is 5.10 Å². The van der Waals surface area contributed by atoms with Gasteiger partial charge < -0.3 is 9.47 Å². The SMILES string of the molecule is CCOc1ccc(/C=N\NC(=O)[C@H](C)Sc2ccc(Cl)cc2)cc1OCC. The number of hydrazone groups is 1. The maximum Gasteiger partial charge on any atom is 0.253 e. The third-order valence-corrected chi connectivity index (χ3v) is 4.82. The molecule has 2 aromatic carbocycles. The number of carbonyl (C=O) groups is 1. The Balaban J connectivity index is 1.94. The Hall–Kier alpha value is -2.18. The van der Waals surface area contributed by atoms with Crippen molar-refractivity contribution in [1.82, 2.24) is 5.43 Å². The fourth-order valence-electron chi connectivity index (χ4n) is 2.18. The molecule has 2 rings (SSSR count). The zero-order valence-electron chi connectivity index (χ0n) is 15.6. The predicted molar refractivity (Wildman–Crippen MR) is 111 cm³/mol. The maximum atomic E-state index is 12.2. The third-order valence-electron chi connectivity index (χ3n) is 3.45. The summed E-state index contributed by atoms with van der Waals surface area (Å²) in [5, 5.41) is 4.42. The van der Waals surface area contributed by atoms with Crippen LogP contribution in [0.25, 0.3) is 0 Å². The number of carbonyl (C=O) groups excluding carboxylic acids is 1. The average molecular weight is 407 g/mol. The van der Waals surface area contributed by atoms with Crippen molar-refractivity contribution >= 4 is 35.5 Å². The number of amides is 1. The summed E-state index contributed by atoms with van der Waals surface area (Å²) in [6.07, 6.45) is 1.58. The van der Waals surface area contributed by atoms with Crippen molar-refractivity contribution in [2.45, 2.75) is 30.9 Å². The molecule has 0 saturated heterocycles. The van der Waals surface area contributed by atoms with Crippen LogP contribution in [-0.2, 0) is 4.79 Å². The van der Waals surface area contributed by atoms with Crippen molar-refractivity contribution in [3.8, 4) is 11.5 Å². The summed E-state index contributed by atoms with van der Waals surface area (Å²) in [7, 11) is 0. The Kier molecular flexibility index (Phi) is 8.48. The van der Waals surface area contributed by atoms with Crippen LogP contribution in [-0.4, -0.2) is 30.6 Å². The molecule has 0 spiro atoms. The lowest BCUT2D eigenvalue weighted by atomic mass is 10.2. The average Bonchev–Trinajstić information content (AvgIpc) is 2.66. The number of halogens is 1. The van der Waals surface area contributed by atoms with Gasteiger partial charge in [-0.05, 0) is 68.8 Å². The molecule has 0 aliphatic rings. The van der Waals surface area contributed by atoms with Crippen LogP contribution in [0.4, 0.5) is 0 Å². The van der Waals surface area contributed by atoms with Gasteiger partial charge >= 0.3 is 0 Å². The van der Waals surface area contributed by atoms with Crippen LogP contribution < -0.4 is 14.9 Å². The van der Waals surface area contributed by atoms with Gasteiger partial charge in [-0.25, -0.2) is 5.43 Å². The van der Waals surface area contributed by atoms with Crippen LogP contribution in [0.3, 0.4) is 0 Å². The van der Waals surface area contributed by atoms with E-state index in [0.29, 0.717) is 29.7 Å². The molecule has 0 heterocycles. The minimum Gasteiger partial charge on any atom is -0.490 e. The van der Waals surface area contributed by atoms with Crippen molar-refractivity contribution in [3.05, 3.63) is 53.1 Å². The molecular formula is C20H23ClN2O3S. The highest BCUT2D eigenvalue weighted by Gasteiger charge is 2.13. The lowest BCUT2D eigenvalue weighted by Gasteiger charge is -2.11. The standard InChI is InChI=1S/C20H23ClN2O3S/c1-4-25-18-11-6-15(12-19(18)26-5-2)13-22-23-20(24)14(3)27-17-9-7-16(21)8-10-17/h6-14H,4-5H2,1-3H3,(H,23,24)/b22-13-/t14-/m0/s1. The van der Waals surface area contributed by atoms with Crippen molar-refractivity contribution < 1.29 is 14.3 Å². The first-order valence-corrected chi connectivity index (χ1v) is 9.94. The van der Waals surface area contributed by atoms with Crippen LogP contribution >= 0.6 is 23.4 Å². The van der Waals surface area contributed by atoms with E-state index in [1.807, 2.05) is 51.1 Å². The summed E-state index contributed by atoms with van der Waals surface area (Å²) >= 11 is 7.31. The summed E-state index contributed by atoms with van der Waals surface area (Å²) in [6.45, 7) is 6.76. The molecule has 0 aliphatic carbocycles. The summed E-state index contributed by atoms with van der Waals surface area (Å²) < 4.78 is 11.1. The monoisotopic (exact) mass is 406 g/mol. The molecule has 7 heteroatoms. The first kappa shape index (κ1) is 21.1. The summed E-state index contributed by atoms with van der Waals surface area (Å²) in [5.74, 6) is 1.16. The van der Waals surface area contributed by atoms with E-state index >= 15 is 0 Å². The molecule has 0 bridgehead atoms. The van der Waals surface area contributed by atoms with E-state index < -0.39 is 0 Å². The molecule has 0 aromatic heterocycles. The van der Waals surface area contributed by atoms with E-state index in [9.17, 15) is 4.79 Å². The molecular weight excluding hydrogens is 384 g/mol. The van der Waals surface area contributed by atoms with Crippen molar-refractivity contribution in [3.63, 3.8) is 0 Å². The van der Waals surface area contributed by atoms with Crippen LogP contribution in [0.1, 0.15) is 26.3 Å². The molecule has 0 unspecified atom stereocenters. The van der Waals surface area contributed by atoms with Crippen LogP contribution in [0.2, 0.25) is 5.02 Å². The van der Waals surface area contributed by atoms with E-state index in [1.165, 1.54) is 11.8 Å². The van der Waals surface area contributed by atoms with Crippen LogP contribution in [0.15, 0.2) is 52.5 Å². The Bertz CT molecular complexity index is 781. The maximum absolute atomic E-state index is 12.2. The van der Waals surface area contributed by atoms with E-state index in [2.05, 4.69) is 10.5 Å². The molecule has 144 valence electrons. The first-order chi connectivity index (χ1) is 13.0. The third kappa shape index (κ3) is 6.81. The van der Waals surface area contributed by atoms with Gasteiger partial charge in [0.1, 0.15) is 0 Å². The second kappa shape index (κ2) is 10.8. The van der Waals surface area contributed by atoms with E-state index in [4.69, 9.17) is 21.1 Å². The number of ether oxygens (including phenoxy) is 2. The second-order valence-corrected chi connectivity index (χ2v) is 7.37. The van der Waals surface area contributed by atoms with E-state index in [-0.39, 0.29) is 11.2 Å². The van der Waals surface area contributed by atoms with Gasteiger partial charge in [0.2, 0.25) is 0 Å². The van der Waals surface area contributed by atoms with Crippen LogP contribution in [0.5, 0.6) is 11.5 Å². The smallest absolute Gasteiger partial charge is 0.253 e. The molecule has 5 nitrogen and oxygen atoms in total. The first-order valence-electron chi connectivity index (χ1n) is 8.68. The lowest BCUT2D eigenvalue weighted by Crippen LogP contribution is -2.26. The topological polar surface area (TPSA) is 59.9 Å². The quantitative estimate of drug-likeness (QED) is 0.370. The summed E-state index contributed by atoms with van der Waals surface area (Å²) in [4.78, 5) is 13.2. The Morgan fingerprint density at radius 1 is 1.15 bits per heavy atom. The predicted octanol–water partition coefficient (Wildman–Crippen LogP) is 4.77. The number of nitrogens with one attached hydrogen (secondary N) is 1. The second-order valence-electron chi connectivity index (χ2n) is 5.52. The van der Waals surface area contributed by atoms with Crippen LogP contribution in [0, 0.1) is 0 Å². The molecule has 2 aromatic rings. The van der Waals surface area contributed by atoms with Crippen molar-refractivity contribution in [2.75, 3.05) is 13.2 Å². The fraction of sp³-hybridized carbons (Fsp3) is 0.300. The van der Waals surface area contributed by atoms with Gasteiger partial charge in [0.25, 0.3) is 5.91 Å². The number of hydrogen-bond donors (Lipinski definition) is 1. The largest absolute Gasteiger partial charge is 0.490 e. The lowest BCUT2D eigenvalue weighted by molar-refractivity contribution is -0.120. The molecule has 0 fully saturated rings. The van der Waals surface area contributed by atoms with Gasteiger partial charge in [-0.15, -0.1) is 11.8 Å². The number of hydrogen-bond acceptors (Lipinski definition) is 5. The zero-order valence-corrected chi connectivity index (χ0v) is 17.1. The molecule has 1 amide bonds. The molecule has 1 N–H and O–H groups in total. The molecule has 0 saturated carbocycles. The highest BCUT2D eigenvalue weighted by molar-refractivity contribution is 8.00. The van der Waals surface area contributed by atoms with Crippen molar-refractivity contribution in [1.29, 1.82) is 0 Å². The fourth-order valence-corrected chi connectivity index (χ4v) is 3.17. The number of benzene rings is 2. The van der Waals surface area contributed by atoms with Gasteiger partial charge in [0, 0.05) is 9.92 Å². The van der Waals surface area contributed by atoms with Gasteiger partial charge in [0.15, 0.2) is 11.5 Å². The highest BCUT2D eigenvalue weighted by Crippen LogP contribution is 2.28. The Labute approximate surface area is 169 Å². The van der Waals surface area contributed by atoms with Gasteiger partial charge in [0.05, 0.1) is 24.7 Å². The van der Waals surface area contributed by atoms with Crippen molar-refractivity contribution in [2.24, 2.45) is 5.10 Å². The molecule has 0 radical (unpaired) electrons. The summed E-state index contributed by atoms with van der Waals surface area (Å²) in [5.41, 5.74) is 3.37. The zero-order chi connectivity index (χ0) is 19.6. The number of nitrogens with zero attached hydrogens (tertiary/aromatic N) is 1. The minimum absolute atomic E-state index is 0.179. The Morgan fingerprint density at radius 2 is 1.81 bits per heavy atom. The molecule has 0 aliphatic heterocycles. The molecule has 27 heavy (non-hydrogen) atoms. The number of rotatable bonds is 9. The van der Waals surface area contributed by atoms with Gasteiger partial charge in [-0.3, -0.25) is 4.79 Å². The Morgan fingerprint density at radius 3 is 2.48 bits per heavy atom.